The van der Waals surface area contributed by atoms with E-state index in [-0.39, 0.29) is 23.3 Å². The first kappa shape index (κ1) is 16.4. The number of amides is 2. The number of rotatable bonds is 3. The van der Waals surface area contributed by atoms with Gasteiger partial charge >= 0.3 is 5.97 Å². The van der Waals surface area contributed by atoms with E-state index in [4.69, 9.17) is 4.74 Å². The number of ether oxygens (including phenoxy) is 1. The molecule has 2 aromatic rings. The Morgan fingerprint density at radius 1 is 0.923 bits per heavy atom. The van der Waals surface area contributed by atoms with Crippen LogP contribution < -0.4 is 9.64 Å². The predicted octanol–water partition coefficient (Wildman–Crippen LogP) is 3.47. The lowest BCUT2D eigenvalue weighted by Crippen LogP contribution is -2.29. The van der Waals surface area contributed by atoms with Gasteiger partial charge in [-0.25, -0.2) is 13.7 Å². The van der Waals surface area contributed by atoms with E-state index < -0.39 is 34.6 Å². The Bertz CT molecular complexity index is 894. The van der Waals surface area contributed by atoms with Gasteiger partial charge in [0.15, 0.2) is 0 Å². The summed E-state index contributed by atoms with van der Waals surface area (Å²) < 4.78 is 33.0. The molecule has 5 nitrogen and oxygen atoms in total. The van der Waals surface area contributed by atoms with Crippen LogP contribution in [0.15, 0.2) is 36.4 Å². The predicted molar refractivity (Wildman–Crippen MR) is 86.9 cm³/mol. The highest BCUT2D eigenvalue weighted by atomic mass is 19.1. The fourth-order valence-corrected chi connectivity index (χ4v) is 3.03. The van der Waals surface area contributed by atoms with E-state index in [0.717, 1.165) is 31.4 Å². The smallest absolute Gasteiger partial charge is 0.314 e. The molecular formula is C19H13F2NO4. The number of carbonyl (C=O) groups excluding carboxylic acids is 3. The van der Waals surface area contributed by atoms with Crippen LogP contribution in [-0.2, 0) is 4.79 Å². The minimum absolute atomic E-state index is 0.0862. The number of imide groups is 1. The average Bonchev–Trinajstić information content (AvgIpc) is 2.82. The highest BCUT2D eigenvalue weighted by Gasteiger charge is 2.41. The molecule has 0 radical (unpaired) electrons. The number of hydrogen-bond donors (Lipinski definition) is 0. The van der Waals surface area contributed by atoms with Crippen molar-refractivity contribution in [2.45, 2.75) is 19.3 Å². The number of carbonyl (C=O) groups is 3. The Kier molecular flexibility index (Phi) is 3.79. The zero-order chi connectivity index (χ0) is 18.4. The molecule has 2 aromatic carbocycles. The first-order valence-electron chi connectivity index (χ1n) is 8.16. The van der Waals surface area contributed by atoms with E-state index in [2.05, 4.69) is 0 Å². The third-order valence-corrected chi connectivity index (χ3v) is 4.69. The molecule has 0 atom stereocenters. The van der Waals surface area contributed by atoms with Gasteiger partial charge < -0.3 is 4.74 Å². The van der Waals surface area contributed by atoms with E-state index in [1.807, 2.05) is 0 Å². The number of esters is 1. The van der Waals surface area contributed by atoms with Crippen LogP contribution in [0.2, 0.25) is 0 Å². The Labute approximate surface area is 147 Å². The van der Waals surface area contributed by atoms with Crippen molar-refractivity contribution < 1.29 is 27.9 Å². The highest BCUT2D eigenvalue weighted by molar-refractivity contribution is 6.34. The van der Waals surface area contributed by atoms with Gasteiger partial charge in [-0.15, -0.1) is 0 Å². The van der Waals surface area contributed by atoms with Gasteiger partial charge in [0, 0.05) is 0 Å². The van der Waals surface area contributed by atoms with E-state index in [1.165, 1.54) is 24.3 Å². The molecule has 132 valence electrons. The van der Waals surface area contributed by atoms with Gasteiger partial charge in [0.25, 0.3) is 11.8 Å². The molecule has 2 amide bonds. The van der Waals surface area contributed by atoms with E-state index in [1.54, 1.807) is 0 Å². The third kappa shape index (κ3) is 2.47. The van der Waals surface area contributed by atoms with E-state index in [9.17, 15) is 23.2 Å². The lowest BCUT2D eigenvalue weighted by molar-refractivity contribution is -0.141. The number of hydrogen-bond acceptors (Lipinski definition) is 4. The van der Waals surface area contributed by atoms with Crippen molar-refractivity contribution in [3.05, 3.63) is 59.2 Å². The minimum atomic E-state index is -0.951. The molecule has 0 N–H and O–H groups in total. The molecule has 0 aromatic heterocycles. The summed E-state index contributed by atoms with van der Waals surface area (Å²) in [5.74, 6) is -3.88. The number of nitrogens with zero attached hydrogens (tertiary/aromatic N) is 1. The van der Waals surface area contributed by atoms with Gasteiger partial charge in [-0.3, -0.25) is 14.4 Å². The molecule has 1 aliphatic carbocycles. The summed E-state index contributed by atoms with van der Waals surface area (Å²) in [6.45, 7) is 0. The topological polar surface area (TPSA) is 63.7 Å². The van der Waals surface area contributed by atoms with Gasteiger partial charge in [-0.1, -0.05) is 6.42 Å². The van der Waals surface area contributed by atoms with Crippen LogP contribution in [0.5, 0.6) is 5.75 Å². The molecule has 0 unspecified atom stereocenters. The molecule has 4 rings (SSSR count). The fraction of sp³-hybridized carbons (Fsp3) is 0.211. The summed E-state index contributed by atoms with van der Waals surface area (Å²) in [6.07, 6.45) is 2.62. The average molecular weight is 357 g/mol. The van der Waals surface area contributed by atoms with Crippen LogP contribution in [0.4, 0.5) is 14.5 Å². The van der Waals surface area contributed by atoms with Crippen LogP contribution in [0, 0.1) is 17.6 Å². The second-order valence-electron chi connectivity index (χ2n) is 6.27. The number of fused-ring (bicyclic) bond motifs is 1. The molecular weight excluding hydrogens is 344 g/mol. The summed E-state index contributed by atoms with van der Waals surface area (Å²) in [5, 5.41) is 0. The zero-order valence-electron chi connectivity index (χ0n) is 13.5. The maximum atomic E-state index is 13.9. The van der Waals surface area contributed by atoms with Gasteiger partial charge in [0.1, 0.15) is 17.4 Å². The van der Waals surface area contributed by atoms with Gasteiger partial charge in [-0.05, 0) is 49.2 Å². The van der Waals surface area contributed by atoms with Crippen molar-refractivity contribution in [3.63, 3.8) is 0 Å². The molecule has 0 saturated heterocycles. The molecule has 1 heterocycles. The largest absolute Gasteiger partial charge is 0.426 e. The van der Waals surface area contributed by atoms with Crippen molar-refractivity contribution in [1.29, 1.82) is 0 Å². The SMILES string of the molecule is O=C(Oc1ccc(N2C(=O)c3c(F)ccc(F)c3C2=O)cc1)C1CCC1. The molecule has 0 bridgehead atoms. The van der Waals surface area contributed by atoms with Crippen molar-refractivity contribution in [1.82, 2.24) is 0 Å². The molecule has 2 aliphatic rings. The molecule has 1 aliphatic heterocycles. The van der Waals surface area contributed by atoms with Crippen LogP contribution >= 0.6 is 0 Å². The van der Waals surface area contributed by atoms with Gasteiger partial charge in [0.05, 0.1) is 22.7 Å². The first-order chi connectivity index (χ1) is 12.5. The molecule has 0 spiro atoms. The Hall–Kier alpha value is -3.09. The van der Waals surface area contributed by atoms with Gasteiger partial charge in [0.2, 0.25) is 0 Å². The summed E-state index contributed by atoms with van der Waals surface area (Å²) >= 11 is 0. The maximum absolute atomic E-state index is 13.9. The first-order valence-corrected chi connectivity index (χ1v) is 8.16. The number of halogens is 2. The van der Waals surface area contributed by atoms with Crippen molar-refractivity contribution >= 4 is 23.5 Å². The Morgan fingerprint density at radius 3 is 1.92 bits per heavy atom. The highest BCUT2D eigenvalue weighted by Crippen LogP contribution is 2.33. The maximum Gasteiger partial charge on any atom is 0.314 e. The van der Waals surface area contributed by atoms with Gasteiger partial charge in [-0.2, -0.15) is 0 Å². The van der Waals surface area contributed by atoms with Crippen LogP contribution in [0.25, 0.3) is 0 Å². The van der Waals surface area contributed by atoms with Crippen LogP contribution in [0.1, 0.15) is 40.0 Å². The zero-order valence-corrected chi connectivity index (χ0v) is 13.5. The van der Waals surface area contributed by atoms with Crippen molar-refractivity contribution in [2.75, 3.05) is 4.90 Å². The third-order valence-electron chi connectivity index (χ3n) is 4.69. The Morgan fingerprint density at radius 2 is 1.46 bits per heavy atom. The lowest BCUT2D eigenvalue weighted by Gasteiger charge is -2.23. The quantitative estimate of drug-likeness (QED) is 0.479. The van der Waals surface area contributed by atoms with Crippen LogP contribution in [-0.4, -0.2) is 17.8 Å². The fourth-order valence-electron chi connectivity index (χ4n) is 3.03. The minimum Gasteiger partial charge on any atom is -0.426 e. The summed E-state index contributed by atoms with van der Waals surface area (Å²) in [5.41, 5.74) is -1.01. The summed E-state index contributed by atoms with van der Waals surface area (Å²) in [4.78, 5) is 37.3. The van der Waals surface area contributed by atoms with E-state index in [0.29, 0.717) is 4.90 Å². The standard InChI is InChI=1S/C19H13F2NO4/c20-13-8-9-14(21)16-15(13)17(23)22(18(16)24)11-4-6-12(7-5-11)26-19(25)10-2-1-3-10/h4-10H,1-3H2. The molecule has 26 heavy (non-hydrogen) atoms. The monoisotopic (exact) mass is 357 g/mol. The normalized spacial score (nSPS) is 16.5. The van der Waals surface area contributed by atoms with E-state index >= 15 is 0 Å². The molecule has 1 saturated carbocycles. The van der Waals surface area contributed by atoms with Crippen molar-refractivity contribution in [2.24, 2.45) is 5.92 Å². The lowest BCUT2D eigenvalue weighted by atomic mass is 9.86. The summed E-state index contributed by atoms with van der Waals surface area (Å²) in [6, 6.07) is 7.27. The number of anilines is 1. The second-order valence-corrected chi connectivity index (χ2v) is 6.27. The summed E-state index contributed by atoms with van der Waals surface area (Å²) in [7, 11) is 0. The second kappa shape index (κ2) is 6.01. The number of benzene rings is 2. The van der Waals surface area contributed by atoms with Crippen molar-refractivity contribution in [3.8, 4) is 5.75 Å². The van der Waals surface area contributed by atoms with Crippen LogP contribution in [0.3, 0.4) is 0 Å². The molecule has 1 fully saturated rings. The molecule has 7 heteroatoms. The Balaban J connectivity index is 1.59.